The van der Waals surface area contributed by atoms with E-state index in [1.807, 2.05) is 16.8 Å². The second kappa shape index (κ2) is 8.19. The number of halogens is 5. The molecule has 0 spiro atoms. The highest BCUT2D eigenvalue weighted by molar-refractivity contribution is 9.10. The lowest BCUT2D eigenvalue weighted by Gasteiger charge is -2.35. The molecule has 1 saturated heterocycles. The Labute approximate surface area is 157 Å². The van der Waals surface area contributed by atoms with Crippen LogP contribution in [0.5, 0.6) is 0 Å². The van der Waals surface area contributed by atoms with E-state index >= 15 is 0 Å². The van der Waals surface area contributed by atoms with E-state index in [0.29, 0.717) is 10.0 Å². The predicted octanol–water partition coefficient (Wildman–Crippen LogP) is 4.95. The number of benzene rings is 1. The fraction of sp³-hybridized carbons (Fsp3) is 0.375. The molecular weight excluding hydrogens is 425 g/mol. The zero-order valence-corrected chi connectivity index (χ0v) is 15.9. The molecule has 24 heavy (non-hydrogen) atoms. The molecule has 0 bridgehead atoms. The van der Waals surface area contributed by atoms with Gasteiger partial charge in [-0.05, 0) is 46.2 Å². The number of piperazine rings is 1. The lowest BCUT2D eigenvalue weighted by Crippen LogP contribution is -2.45. The molecule has 0 saturated carbocycles. The average Bonchev–Trinajstić information content (AvgIpc) is 3.01. The van der Waals surface area contributed by atoms with Crippen LogP contribution in [-0.4, -0.2) is 31.1 Å². The Morgan fingerprint density at radius 3 is 2.42 bits per heavy atom. The standard InChI is InChI=1S/C16H16BrF3N2S.ClH/c17-14-8-12(7-13(9-14)16(18,19)20)15(11-1-6-23-10-11)22-4-2-21-3-5-22;/h1,6-10,15,21H,2-5H2;1H/t15-;/m0./s1. The summed E-state index contributed by atoms with van der Waals surface area (Å²) < 4.78 is 39.9. The van der Waals surface area contributed by atoms with Crippen molar-refractivity contribution in [1.29, 1.82) is 0 Å². The van der Waals surface area contributed by atoms with E-state index < -0.39 is 11.7 Å². The van der Waals surface area contributed by atoms with Gasteiger partial charge in [0.2, 0.25) is 0 Å². The van der Waals surface area contributed by atoms with E-state index in [0.717, 1.165) is 37.8 Å². The highest BCUT2D eigenvalue weighted by Gasteiger charge is 2.33. The summed E-state index contributed by atoms with van der Waals surface area (Å²) in [6.45, 7) is 3.32. The van der Waals surface area contributed by atoms with E-state index in [1.165, 1.54) is 6.07 Å². The fourth-order valence-electron chi connectivity index (χ4n) is 2.92. The van der Waals surface area contributed by atoms with E-state index in [2.05, 4.69) is 26.1 Å². The van der Waals surface area contributed by atoms with Crippen LogP contribution < -0.4 is 5.32 Å². The van der Waals surface area contributed by atoms with Crippen molar-refractivity contribution < 1.29 is 13.2 Å². The molecule has 1 aromatic carbocycles. The molecule has 3 rings (SSSR count). The van der Waals surface area contributed by atoms with Crippen LogP contribution in [0, 0.1) is 0 Å². The second-order valence-corrected chi connectivity index (χ2v) is 7.21. The van der Waals surface area contributed by atoms with Crippen molar-refractivity contribution in [3.8, 4) is 0 Å². The van der Waals surface area contributed by atoms with Crippen LogP contribution in [0.3, 0.4) is 0 Å². The number of hydrogen-bond acceptors (Lipinski definition) is 3. The highest BCUT2D eigenvalue weighted by atomic mass is 79.9. The van der Waals surface area contributed by atoms with Crippen molar-refractivity contribution >= 4 is 39.7 Å². The molecule has 1 atom stereocenters. The van der Waals surface area contributed by atoms with Crippen molar-refractivity contribution in [2.75, 3.05) is 26.2 Å². The number of rotatable bonds is 3. The van der Waals surface area contributed by atoms with Crippen LogP contribution in [0.25, 0.3) is 0 Å². The van der Waals surface area contributed by atoms with E-state index in [9.17, 15) is 13.2 Å². The zero-order valence-electron chi connectivity index (χ0n) is 12.6. The Bertz CT molecular complexity index is 658. The Morgan fingerprint density at radius 1 is 1.12 bits per heavy atom. The first-order chi connectivity index (χ1) is 10.9. The molecule has 0 unspecified atom stereocenters. The van der Waals surface area contributed by atoms with Gasteiger partial charge in [-0.2, -0.15) is 24.5 Å². The zero-order chi connectivity index (χ0) is 16.4. The fourth-order valence-corrected chi connectivity index (χ4v) is 4.11. The van der Waals surface area contributed by atoms with Crippen LogP contribution in [0.1, 0.15) is 22.7 Å². The molecule has 1 aliphatic rings. The summed E-state index contributed by atoms with van der Waals surface area (Å²) in [6.07, 6.45) is -4.35. The molecule has 1 N–H and O–H groups in total. The number of nitrogens with one attached hydrogen (secondary N) is 1. The van der Waals surface area contributed by atoms with Gasteiger partial charge in [-0.3, -0.25) is 4.90 Å². The molecule has 0 aliphatic carbocycles. The smallest absolute Gasteiger partial charge is 0.314 e. The van der Waals surface area contributed by atoms with Gasteiger partial charge in [0.05, 0.1) is 11.6 Å². The summed E-state index contributed by atoms with van der Waals surface area (Å²) in [5.41, 5.74) is 1.10. The normalized spacial score (nSPS) is 17.3. The summed E-state index contributed by atoms with van der Waals surface area (Å²) >= 11 is 4.80. The van der Waals surface area contributed by atoms with Gasteiger partial charge in [-0.15, -0.1) is 12.4 Å². The summed E-state index contributed by atoms with van der Waals surface area (Å²) in [7, 11) is 0. The third-order valence-corrected chi connectivity index (χ3v) is 5.10. The third-order valence-electron chi connectivity index (χ3n) is 3.94. The van der Waals surface area contributed by atoms with Gasteiger partial charge in [0.15, 0.2) is 0 Å². The van der Waals surface area contributed by atoms with Gasteiger partial charge < -0.3 is 5.32 Å². The van der Waals surface area contributed by atoms with Crippen molar-refractivity contribution in [2.24, 2.45) is 0 Å². The molecule has 0 radical (unpaired) electrons. The summed E-state index contributed by atoms with van der Waals surface area (Å²) in [5, 5.41) is 7.27. The molecule has 2 nitrogen and oxygen atoms in total. The maximum absolute atomic E-state index is 13.2. The number of alkyl halides is 3. The molecule has 1 aromatic heterocycles. The molecule has 0 amide bonds. The highest BCUT2D eigenvalue weighted by Crippen LogP contribution is 2.37. The Hall–Kier alpha value is -0.600. The molecule has 2 aromatic rings. The third kappa shape index (κ3) is 4.52. The maximum atomic E-state index is 13.2. The molecular formula is C16H17BrClF3N2S. The van der Waals surface area contributed by atoms with Gasteiger partial charge in [-0.25, -0.2) is 0 Å². The van der Waals surface area contributed by atoms with Gasteiger partial charge in [-0.1, -0.05) is 15.9 Å². The summed E-state index contributed by atoms with van der Waals surface area (Å²) in [5.74, 6) is 0. The van der Waals surface area contributed by atoms with Crippen molar-refractivity contribution in [2.45, 2.75) is 12.2 Å². The SMILES string of the molecule is Cl.FC(F)(F)c1cc(Br)cc([C@H](c2ccsc2)N2CCNCC2)c1. The van der Waals surface area contributed by atoms with Crippen molar-refractivity contribution in [1.82, 2.24) is 10.2 Å². The molecule has 2 heterocycles. The van der Waals surface area contributed by atoms with Crippen molar-refractivity contribution in [3.63, 3.8) is 0 Å². The maximum Gasteiger partial charge on any atom is 0.416 e. The summed E-state index contributed by atoms with van der Waals surface area (Å²) in [4.78, 5) is 2.24. The van der Waals surface area contributed by atoms with Crippen LogP contribution >= 0.6 is 39.7 Å². The Kier molecular flexibility index (Phi) is 6.73. The lowest BCUT2D eigenvalue weighted by atomic mass is 9.97. The minimum Gasteiger partial charge on any atom is -0.314 e. The van der Waals surface area contributed by atoms with Crippen LogP contribution in [-0.2, 0) is 6.18 Å². The van der Waals surface area contributed by atoms with Gasteiger partial charge in [0, 0.05) is 30.7 Å². The van der Waals surface area contributed by atoms with E-state index in [4.69, 9.17) is 0 Å². The monoisotopic (exact) mass is 440 g/mol. The largest absolute Gasteiger partial charge is 0.416 e. The van der Waals surface area contributed by atoms with Crippen molar-refractivity contribution in [3.05, 3.63) is 56.2 Å². The first kappa shape index (κ1) is 19.7. The van der Waals surface area contributed by atoms with E-state index in [1.54, 1.807) is 17.4 Å². The number of nitrogens with zero attached hydrogens (tertiary/aromatic N) is 1. The second-order valence-electron chi connectivity index (χ2n) is 5.52. The topological polar surface area (TPSA) is 15.3 Å². The van der Waals surface area contributed by atoms with E-state index in [-0.39, 0.29) is 18.4 Å². The quantitative estimate of drug-likeness (QED) is 0.725. The van der Waals surface area contributed by atoms with Crippen LogP contribution in [0.4, 0.5) is 13.2 Å². The first-order valence-corrected chi connectivity index (χ1v) is 9.03. The molecule has 8 heteroatoms. The number of hydrogen-bond donors (Lipinski definition) is 1. The Morgan fingerprint density at radius 2 is 1.83 bits per heavy atom. The molecule has 1 aliphatic heterocycles. The minimum absolute atomic E-state index is 0. The predicted molar refractivity (Wildman–Crippen MR) is 97.0 cm³/mol. The van der Waals surface area contributed by atoms with Gasteiger partial charge in [0.25, 0.3) is 0 Å². The average molecular weight is 442 g/mol. The molecule has 132 valence electrons. The van der Waals surface area contributed by atoms with Gasteiger partial charge >= 0.3 is 6.18 Å². The van der Waals surface area contributed by atoms with Gasteiger partial charge in [0.1, 0.15) is 0 Å². The first-order valence-electron chi connectivity index (χ1n) is 7.30. The minimum atomic E-state index is -4.35. The van der Waals surface area contributed by atoms with Crippen LogP contribution in [0.2, 0.25) is 0 Å². The number of thiophene rings is 1. The lowest BCUT2D eigenvalue weighted by molar-refractivity contribution is -0.137. The Balaban J connectivity index is 0.00000208. The molecule has 1 fully saturated rings. The summed E-state index contributed by atoms with van der Waals surface area (Å²) in [6, 6.07) is 6.04. The van der Waals surface area contributed by atoms with Crippen LogP contribution in [0.15, 0.2) is 39.5 Å².